The number of anilines is 1. The fraction of sp³-hybridized carbons (Fsp3) is 0.611. The van der Waals surface area contributed by atoms with Gasteiger partial charge in [-0.3, -0.25) is 20.5 Å². The predicted molar refractivity (Wildman–Crippen MR) is 97.0 cm³/mol. The van der Waals surface area contributed by atoms with E-state index in [0.29, 0.717) is 30.0 Å². The molecule has 7 nitrogen and oxygen atoms in total. The first-order valence-corrected chi connectivity index (χ1v) is 8.76. The molecule has 2 saturated heterocycles. The molecule has 2 heterocycles. The molecule has 0 aliphatic carbocycles. The number of methoxy groups -OCH3 is 2. The van der Waals surface area contributed by atoms with Crippen molar-refractivity contribution in [3.63, 3.8) is 0 Å². The van der Waals surface area contributed by atoms with Crippen molar-refractivity contribution in [1.82, 2.24) is 15.8 Å². The number of benzene rings is 1. The van der Waals surface area contributed by atoms with Crippen LogP contribution in [0.3, 0.4) is 0 Å². The molecular formula is C18H28N4O3. The minimum Gasteiger partial charge on any atom is -0.497 e. The van der Waals surface area contributed by atoms with Crippen LogP contribution in [0.4, 0.5) is 5.69 Å². The summed E-state index contributed by atoms with van der Waals surface area (Å²) >= 11 is 0. The molecule has 7 heteroatoms. The number of likely N-dealkylation sites (N-methyl/N-ethyl adjacent to an activating group) is 1. The van der Waals surface area contributed by atoms with Crippen LogP contribution in [0.5, 0.6) is 11.5 Å². The fourth-order valence-electron chi connectivity index (χ4n) is 3.64. The summed E-state index contributed by atoms with van der Waals surface area (Å²) in [5, 5.41) is 0. The van der Waals surface area contributed by atoms with Crippen LogP contribution in [0.1, 0.15) is 13.3 Å². The average molecular weight is 348 g/mol. The lowest BCUT2D eigenvalue weighted by molar-refractivity contribution is -0.121. The van der Waals surface area contributed by atoms with Crippen molar-refractivity contribution in [2.24, 2.45) is 5.92 Å². The standard InChI is InChI=1S/C18H28N4O3/c1-12-13(10-19-20-12)11-21(2)17-5-6-22(18(17)23)14-7-15(24-3)9-16(8-14)25-4/h7-9,12-13,17,19-20H,5-6,10-11H2,1-4H3. The highest BCUT2D eigenvalue weighted by Gasteiger charge is 2.37. The van der Waals surface area contributed by atoms with Gasteiger partial charge in [0, 0.05) is 49.8 Å². The highest BCUT2D eigenvalue weighted by Crippen LogP contribution is 2.32. The normalized spacial score (nSPS) is 26.5. The van der Waals surface area contributed by atoms with Gasteiger partial charge < -0.3 is 14.4 Å². The third kappa shape index (κ3) is 3.73. The number of carbonyl (C=O) groups excluding carboxylic acids is 1. The summed E-state index contributed by atoms with van der Waals surface area (Å²) in [6.45, 7) is 4.71. The quantitative estimate of drug-likeness (QED) is 0.795. The average Bonchev–Trinajstić information content (AvgIpc) is 3.20. The number of nitrogens with one attached hydrogen (secondary N) is 2. The van der Waals surface area contributed by atoms with E-state index in [2.05, 4.69) is 22.7 Å². The molecule has 138 valence electrons. The van der Waals surface area contributed by atoms with E-state index in [1.165, 1.54) is 0 Å². The van der Waals surface area contributed by atoms with Crippen molar-refractivity contribution in [1.29, 1.82) is 0 Å². The SMILES string of the molecule is COc1cc(OC)cc(N2CCC(N(C)CC3CNNC3C)C2=O)c1. The molecule has 2 N–H and O–H groups in total. The molecule has 3 atom stereocenters. The van der Waals surface area contributed by atoms with Crippen molar-refractivity contribution in [2.45, 2.75) is 25.4 Å². The van der Waals surface area contributed by atoms with E-state index >= 15 is 0 Å². The Morgan fingerprint density at radius 1 is 1.24 bits per heavy atom. The molecular weight excluding hydrogens is 320 g/mol. The van der Waals surface area contributed by atoms with Gasteiger partial charge in [-0.1, -0.05) is 0 Å². The van der Waals surface area contributed by atoms with E-state index < -0.39 is 0 Å². The fourth-order valence-corrected chi connectivity index (χ4v) is 3.64. The lowest BCUT2D eigenvalue weighted by Gasteiger charge is -2.27. The van der Waals surface area contributed by atoms with Crippen molar-refractivity contribution < 1.29 is 14.3 Å². The Hall–Kier alpha value is -1.83. The first-order chi connectivity index (χ1) is 12.0. The second kappa shape index (κ2) is 7.59. The van der Waals surface area contributed by atoms with Gasteiger partial charge in [-0.2, -0.15) is 0 Å². The van der Waals surface area contributed by atoms with E-state index in [9.17, 15) is 4.79 Å². The second-order valence-corrected chi connectivity index (χ2v) is 6.88. The Labute approximate surface area is 149 Å². The number of carbonyl (C=O) groups is 1. The third-order valence-corrected chi connectivity index (χ3v) is 5.28. The molecule has 0 aromatic heterocycles. The van der Waals surface area contributed by atoms with Crippen molar-refractivity contribution in [2.75, 3.05) is 45.8 Å². The molecule has 2 aliphatic heterocycles. The molecule has 1 aromatic rings. The molecule has 3 unspecified atom stereocenters. The summed E-state index contributed by atoms with van der Waals surface area (Å²) in [4.78, 5) is 17.0. The number of rotatable bonds is 6. The van der Waals surface area contributed by atoms with Crippen LogP contribution in [-0.4, -0.2) is 63.8 Å². The number of hydrazine groups is 1. The summed E-state index contributed by atoms with van der Waals surface area (Å²) in [5.74, 6) is 2.03. The summed E-state index contributed by atoms with van der Waals surface area (Å²) in [6, 6.07) is 5.92. The number of nitrogens with zero attached hydrogens (tertiary/aromatic N) is 2. The minimum absolute atomic E-state index is 0.0787. The van der Waals surface area contributed by atoms with Crippen molar-refractivity contribution in [3.05, 3.63) is 18.2 Å². The Kier molecular flexibility index (Phi) is 5.46. The molecule has 2 fully saturated rings. The molecule has 0 radical (unpaired) electrons. The van der Waals surface area contributed by atoms with Crippen molar-refractivity contribution in [3.8, 4) is 11.5 Å². The summed E-state index contributed by atoms with van der Waals surface area (Å²) in [5.41, 5.74) is 7.25. The molecule has 25 heavy (non-hydrogen) atoms. The largest absolute Gasteiger partial charge is 0.497 e. The number of ether oxygens (including phenoxy) is 2. The van der Waals surface area contributed by atoms with Gasteiger partial charge in [0.2, 0.25) is 5.91 Å². The van der Waals surface area contributed by atoms with Gasteiger partial charge in [-0.25, -0.2) is 0 Å². The Bertz CT molecular complexity index is 602. The van der Waals surface area contributed by atoms with Gasteiger partial charge in [0.15, 0.2) is 0 Å². The first kappa shape index (κ1) is 18.0. The molecule has 1 aromatic carbocycles. The van der Waals surface area contributed by atoms with E-state index in [0.717, 1.165) is 25.2 Å². The zero-order valence-electron chi connectivity index (χ0n) is 15.4. The van der Waals surface area contributed by atoms with E-state index in [1.54, 1.807) is 14.2 Å². The minimum atomic E-state index is -0.0787. The van der Waals surface area contributed by atoms with Gasteiger partial charge in [0.1, 0.15) is 11.5 Å². The van der Waals surface area contributed by atoms with Crippen LogP contribution in [0, 0.1) is 5.92 Å². The highest BCUT2D eigenvalue weighted by atomic mass is 16.5. The summed E-state index contributed by atoms with van der Waals surface area (Å²) in [7, 11) is 5.28. The molecule has 1 amide bonds. The lowest BCUT2D eigenvalue weighted by Crippen LogP contribution is -2.43. The monoisotopic (exact) mass is 348 g/mol. The van der Waals surface area contributed by atoms with Crippen LogP contribution < -0.4 is 25.2 Å². The Balaban J connectivity index is 1.71. The zero-order valence-corrected chi connectivity index (χ0v) is 15.4. The second-order valence-electron chi connectivity index (χ2n) is 6.88. The van der Waals surface area contributed by atoms with Gasteiger partial charge in [0.05, 0.1) is 25.9 Å². The predicted octanol–water partition coefficient (Wildman–Crippen LogP) is 0.853. The first-order valence-electron chi connectivity index (χ1n) is 8.76. The Morgan fingerprint density at radius 2 is 1.92 bits per heavy atom. The third-order valence-electron chi connectivity index (χ3n) is 5.28. The van der Waals surface area contributed by atoms with E-state index in [4.69, 9.17) is 9.47 Å². The molecule has 2 aliphatic rings. The molecule has 0 spiro atoms. The van der Waals surface area contributed by atoms with Crippen LogP contribution in [-0.2, 0) is 4.79 Å². The van der Waals surface area contributed by atoms with E-state index in [-0.39, 0.29) is 11.9 Å². The topological polar surface area (TPSA) is 66.1 Å². The Morgan fingerprint density at radius 3 is 2.48 bits per heavy atom. The molecule has 0 saturated carbocycles. The van der Waals surface area contributed by atoms with Gasteiger partial charge in [0.25, 0.3) is 0 Å². The van der Waals surface area contributed by atoms with Crippen molar-refractivity contribution >= 4 is 11.6 Å². The summed E-state index contributed by atoms with van der Waals surface area (Å²) in [6.07, 6.45) is 0.830. The molecule has 3 rings (SSSR count). The van der Waals surface area contributed by atoms with Crippen LogP contribution in [0.25, 0.3) is 0 Å². The van der Waals surface area contributed by atoms with E-state index in [1.807, 2.05) is 30.1 Å². The summed E-state index contributed by atoms with van der Waals surface area (Å²) < 4.78 is 10.6. The van der Waals surface area contributed by atoms with Gasteiger partial charge >= 0.3 is 0 Å². The number of hydrogen-bond donors (Lipinski definition) is 2. The maximum absolute atomic E-state index is 13.0. The van der Waals surface area contributed by atoms with Crippen LogP contribution in [0.15, 0.2) is 18.2 Å². The lowest BCUT2D eigenvalue weighted by atomic mass is 10.0. The number of amides is 1. The van der Waals surface area contributed by atoms with Gasteiger partial charge in [-0.15, -0.1) is 0 Å². The maximum Gasteiger partial charge on any atom is 0.244 e. The van der Waals surface area contributed by atoms with Crippen LogP contribution >= 0.6 is 0 Å². The highest BCUT2D eigenvalue weighted by molar-refractivity contribution is 5.99. The smallest absolute Gasteiger partial charge is 0.244 e. The van der Waals surface area contributed by atoms with Gasteiger partial charge in [-0.05, 0) is 20.4 Å². The molecule has 0 bridgehead atoms. The zero-order chi connectivity index (χ0) is 18.0. The number of hydrogen-bond acceptors (Lipinski definition) is 6. The maximum atomic E-state index is 13.0. The van der Waals surface area contributed by atoms with Crippen LogP contribution in [0.2, 0.25) is 0 Å².